The Morgan fingerprint density at radius 2 is 1.86 bits per heavy atom. The summed E-state index contributed by atoms with van der Waals surface area (Å²) in [5, 5.41) is 3.44. The third-order valence-electron chi connectivity index (χ3n) is 4.15. The molecule has 1 heterocycles. The molecule has 0 radical (unpaired) electrons. The van der Waals surface area contributed by atoms with E-state index >= 15 is 0 Å². The summed E-state index contributed by atoms with van der Waals surface area (Å²) in [5.41, 5.74) is 4.25. The van der Waals surface area contributed by atoms with Crippen molar-refractivity contribution in [3.05, 3.63) is 47.5 Å². The first-order valence-electron chi connectivity index (χ1n) is 7.35. The Balaban J connectivity index is 0.00000200. The lowest BCUT2D eigenvalue weighted by Crippen LogP contribution is -2.45. The van der Waals surface area contributed by atoms with Crippen LogP contribution in [0.5, 0.6) is 0 Å². The van der Waals surface area contributed by atoms with Crippen molar-refractivity contribution < 1.29 is 0 Å². The fourth-order valence-electron chi connectivity index (χ4n) is 2.80. The van der Waals surface area contributed by atoms with Crippen LogP contribution in [-0.2, 0) is 0 Å². The molecule has 2 nitrogen and oxygen atoms in total. The van der Waals surface area contributed by atoms with Crippen LogP contribution in [0.15, 0.2) is 30.9 Å². The van der Waals surface area contributed by atoms with Gasteiger partial charge in [-0.25, -0.2) is 0 Å². The lowest BCUT2D eigenvalue weighted by atomic mass is 9.96. The topological polar surface area (TPSA) is 15.3 Å². The quantitative estimate of drug-likeness (QED) is 0.819. The number of rotatable bonds is 5. The van der Waals surface area contributed by atoms with Gasteiger partial charge in [-0.1, -0.05) is 24.3 Å². The number of benzene rings is 1. The molecule has 1 saturated heterocycles. The average Bonchev–Trinajstić information content (AvgIpc) is 2.44. The van der Waals surface area contributed by atoms with E-state index in [2.05, 4.69) is 48.8 Å². The largest absolute Gasteiger partial charge is 0.314 e. The molecule has 0 unspecified atom stereocenters. The number of hydrogen-bond donors (Lipinski definition) is 1. The molecule has 1 fully saturated rings. The Labute approximate surface area is 141 Å². The van der Waals surface area contributed by atoms with Gasteiger partial charge in [0.25, 0.3) is 0 Å². The van der Waals surface area contributed by atoms with Crippen LogP contribution in [0.25, 0.3) is 0 Å². The third-order valence-corrected chi connectivity index (χ3v) is 4.15. The standard InChI is InChI=1S/C17H26N2.2ClH/c1-4-5-6-17(19-11-9-18-10-12-19)16-8-7-14(2)15(3)13-16;;/h4,7-8,13,17-18H,1,5-6,9-12H2,2-3H3;2*1H/t17-;;/m0../s1. The van der Waals surface area contributed by atoms with Crippen LogP contribution in [-0.4, -0.2) is 31.1 Å². The van der Waals surface area contributed by atoms with Crippen LogP contribution in [0.1, 0.15) is 35.6 Å². The summed E-state index contributed by atoms with van der Waals surface area (Å²) in [4.78, 5) is 2.62. The monoisotopic (exact) mass is 330 g/mol. The predicted octanol–water partition coefficient (Wildman–Crippen LogP) is 4.06. The van der Waals surface area contributed by atoms with Crippen molar-refractivity contribution in [2.45, 2.75) is 32.7 Å². The van der Waals surface area contributed by atoms with E-state index in [9.17, 15) is 0 Å². The van der Waals surface area contributed by atoms with Crippen molar-refractivity contribution in [1.82, 2.24) is 10.2 Å². The highest BCUT2D eigenvalue weighted by Gasteiger charge is 2.21. The number of nitrogens with one attached hydrogen (secondary N) is 1. The normalized spacial score (nSPS) is 16.5. The van der Waals surface area contributed by atoms with Gasteiger partial charge in [0.1, 0.15) is 0 Å². The van der Waals surface area contributed by atoms with Crippen LogP contribution in [0, 0.1) is 13.8 Å². The SMILES string of the molecule is C=CCC[C@@H](c1ccc(C)c(C)c1)N1CCNCC1.Cl.Cl. The van der Waals surface area contributed by atoms with Crippen molar-refractivity contribution in [1.29, 1.82) is 0 Å². The molecule has 1 aromatic rings. The molecule has 0 amide bonds. The molecule has 4 heteroatoms. The van der Waals surface area contributed by atoms with Crippen molar-refractivity contribution >= 4 is 24.8 Å². The number of piperazine rings is 1. The summed E-state index contributed by atoms with van der Waals surface area (Å²) < 4.78 is 0. The van der Waals surface area contributed by atoms with Gasteiger partial charge < -0.3 is 5.32 Å². The lowest BCUT2D eigenvalue weighted by molar-refractivity contribution is 0.166. The van der Waals surface area contributed by atoms with Crippen molar-refractivity contribution in [3.63, 3.8) is 0 Å². The van der Waals surface area contributed by atoms with Gasteiger partial charge in [0.15, 0.2) is 0 Å². The zero-order valence-corrected chi connectivity index (χ0v) is 14.7. The first-order valence-corrected chi connectivity index (χ1v) is 7.35. The predicted molar refractivity (Wildman–Crippen MR) is 97.0 cm³/mol. The van der Waals surface area contributed by atoms with E-state index in [1.165, 1.54) is 23.1 Å². The van der Waals surface area contributed by atoms with Gasteiger partial charge in [0.2, 0.25) is 0 Å². The molecule has 1 N–H and O–H groups in total. The summed E-state index contributed by atoms with van der Waals surface area (Å²) in [6, 6.07) is 7.47. The van der Waals surface area contributed by atoms with E-state index in [0.29, 0.717) is 6.04 Å². The van der Waals surface area contributed by atoms with Crippen LogP contribution in [0.4, 0.5) is 0 Å². The second-order valence-corrected chi connectivity index (χ2v) is 5.51. The molecule has 1 aromatic carbocycles. The maximum atomic E-state index is 3.87. The third kappa shape index (κ3) is 5.63. The highest BCUT2D eigenvalue weighted by Crippen LogP contribution is 2.27. The molecule has 0 saturated carbocycles. The lowest BCUT2D eigenvalue weighted by Gasteiger charge is -2.35. The molecular formula is C17H28Cl2N2. The van der Waals surface area contributed by atoms with E-state index in [4.69, 9.17) is 0 Å². The summed E-state index contributed by atoms with van der Waals surface area (Å²) in [7, 11) is 0. The van der Waals surface area contributed by atoms with E-state index in [-0.39, 0.29) is 24.8 Å². The second kappa shape index (κ2) is 10.2. The maximum absolute atomic E-state index is 3.87. The van der Waals surface area contributed by atoms with Crippen molar-refractivity contribution in [2.24, 2.45) is 0 Å². The highest BCUT2D eigenvalue weighted by atomic mass is 35.5. The molecule has 0 bridgehead atoms. The number of hydrogen-bond acceptors (Lipinski definition) is 2. The molecule has 2 rings (SSSR count). The molecular weight excluding hydrogens is 303 g/mol. The molecule has 0 aromatic heterocycles. The van der Waals surface area contributed by atoms with Crippen LogP contribution in [0.3, 0.4) is 0 Å². The zero-order chi connectivity index (χ0) is 13.7. The zero-order valence-electron chi connectivity index (χ0n) is 13.1. The molecule has 1 aliphatic heterocycles. The maximum Gasteiger partial charge on any atom is 0.0352 e. The van der Waals surface area contributed by atoms with Crippen molar-refractivity contribution in [2.75, 3.05) is 26.2 Å². The summed E-state index contributed by atoms with van der Waals surface area (Å²) in [6.07, 6.45) is 4.30. The smallest absolute Gasteiger partial charge is 0.0352 e. The molecule has 1 aliphatic rings. The van der Waals surface area contributed by atoms with Crippen LogP contribution < -0.4 is 5.32 Å². The second-order valence-electron chi connectivity index (χ2n) is 5.51. The minimum atomic E-state index is 0. The Hall–Kier alpha value is -0.540. The van der Waals surface area contributed by atoms with Gasteiger partial charge in [0.05, 0.1) is 0 Å². The first kappa shape index (κ1) is 20.5. The van der Waals surface area contributed by atoms with E-state index in [1.54, 1.807) is 0 Å². The number of aryl methyl sites for hydroxylation is 2. The molecule has 21 heavy (non-hydrogen) atoms. The Morgan fingerprint density at radius 1 is 1.19 bits per heavy atom. The van der Waals surface area contributed by atoms with E-state index < -0.39 is 0 Å². The van der Waals surface area contributed by atoms with Gasteiger partial charge in [-0.05, 0) is 43.4 Å². The molecule has 1 atom stereocenters. The Bertz CT molecular complexity index is 429. The van der Waals surface area contributed by atoms with Gasteiger partial charge in [-0.2, -0.15) is 0 Å². The van der Waals surface area contributed by atoms with Gasteiger partial charge in [0, 0.05) is 32.2 Å². The number of allylic oxidation sites excluding steroid dienone is 1. The Morgan fingerprint density at radius 3 is 2.43 bits per heavy atom. The van der Waals surface area contributed by atoms with Crippen LogP contribution in [0.2, 0.25) is 0 Å². The Kier molecular flexibility index (Phi) is 9.97. The first-order chi connectivity index (χ1) is 9.22. The highest BCUT2D eigenvalue weighted by molar-refractivity contribution is 5.85. The minimum Gasteiger partial charge on any atom is -0.314 e. The summed E-state index contributed by atoms with van der Waals surface area (Å²) in [5.74, 6) is 0. The molecule has 0 spiro atoms. The summed E-state index contributed by atoms with van der Waals surface area (Å²) in [6.45, 7) is 12.8. The molecule has 120 valence electrons. The minimum absolute atomic E-state index is 0. The molecule has 0 aliphatic carbocycles. The van der Waals surface area contributed by atoms with E-state index in [1.807, 2.05) is 6.08 Å². The number of halogens is 2. The van der Waals surface area contributed by atoms with Gasteiger partial charge in [-0.3, -0.25) is 4.90 Å². The fraction of sp³-hybridized carbons (Fsp3) is 0.529. The van der Waals surface area contributed by atoms with Gasteiger partial charge in [-0.15, -0.1) is 31.4 Å². The van der Waals surface area contributed by atoms with Crippen LogP contribution >= 0.6 is 24.8 Å². The number of nitrogens with zero attached hydrogens (tertiary/aromatic N) is 1. The fourth-order valence-corrected chi connectivity index (χ4v) is 2.80. The van der Waals surface area contributed by atoms with Gasteiger partial charge >= 0.3 is 0 Å². The van der Waals surface area contributed by atoms with Crippen molar-refractivity contribution in [3.8, 4) is 0 Å². The summed E-state index contributed by atoms with van der Waals surface area (Å²) >= 11 is 0. The van der Waals surface area contributed by atoms with E-state index in [0.717, 1.165) is 32.6 Å². The average molecular weight is 331 g/mol.